The summed E-state index contributed by atoms with van der Waals surface area (Å²) in [4.78, 5) is 71.8. The molecule has 1 aromatic carbocycles. The zero-order valence-corrected chi connectivity index (χ0v) is 30.3. The number of methoxy groups -OCH3 is 1. The highest BCUT2D eigenvalue weighted by Gasteiger charge is 2.75. The SMILES string of the molecule is CCOC(=O)C[C@]12[C@@H]3CCN(C(=O)OC(C)(C)C)[C@H]1[C@](C=O)(COC(=O)CP(=O)(OCC)OCC)C[C@@H]3C(=O)N2Cc1ccc(OC)cc1. The maximum Gasteiger partial charge on any atom is 0.410 e. The lowest BCUT2D eigenvalue weighted by Crippen LogP contribution is -2.75. The van der Waals surface area contributed by atoms with Crippen molar-refractivity contribution in [1.82, 2.24) is 9.80 Å². The summed E-state index contributed by atoms with van der Waals surface area (Å²) in [5.74, 6) is -2.39. The fourth-order valence-electron chi connectivity index (χ4n) is 7.81. The van der Waals surface area contributed by atoms with Crippen molar-refractivity contribution < 1.29 is 56.5 Å². The summed E-state index contributed by atoms with van der Waals surface area (Å²) in [6.07, 6.45) is -0.851. The van der Waals surface area contributed by atoms with Crippen LogP contribution in [0.3, 0.4) is 0 Å². The molecule has 3 aliphatic rings. The van der Waals surface area contributed by atoms with E-state index < -0.39 is 72.8 Å². The quantitative estimate of drug-likeness (QED) is 0.110. The predicted molar refractivity (Wildman–Crippen MR) is 176 cm³/mol. The van der Waals surface area contributed by atoms with Gasteiger partial charge >= 0.3 is 25.6 Å². The third-order valence-electron chi connectivity index (χ3n) is 9.40. The van der Waals surface area contributed by atoms with Crippen LogP contribution in [0.5, 0.6) is 5.75 Å². The van der Waals surface area contributed by atoms with Crippen LogP contribution >= 0.6 is 7.60 Å². The number of likely N-dealkylation sites (tertiary alicyclic amines) is 2. The first-order valence-electron chi connectivity index (χ1n) is 16.7. The maximum atomic E-state index is 14.5. The number of carbonyl (C=O) groups is 5. The topological polar surface area (TPSA) is 164 Å². The molecule has 2 saturated heterocycles. The average molecular weight is 709 g/mol. The zero-order valence-electron chi connectivity index (χ0n) is 29.4. The van der Waals surface area contributed by atoms with Crippen LogP contribution in [0.25, 0.3) is 0 Å². The van der Waals surface area contributed by atoms with E-state index in [0.717, 1.165) is 5.56 Å². The van der Waals surface area contributed by atoms with E-state index in [1.165, 1.54) is 4.90 Å². The van der Waals surface area contributed by atoms with Crippen LogP contribution in [0.4, 0.5) is 4.79 Å². The number of nitrogens with zero attached hydrogens (tertiary/aromatic N) is 2. The number of esters is 2. The molecular formula is C34H49N2O12P. The van der Waals surface area contributed by atoms with Crippen LogP contribution in [0.2, 0.25) is 0 Å². The summed E-state index contributed by atoms with van der Waals surface area (Å²) in [5, 5.41) is 0. The molecule has 0 spiro atoms. The Morgan fingerprint density at radius 2 is 1.65 bits per heavy atom. The molecule has 272 valence electrons. The van der Waals surface area contributed by atoms with Gasteiger partial charge < -0.3 is 42.6 Å². The summed E-state index contributed by atoms with van der Waals surface area (Å²) in [6, 6.07) is 5.96. The fourth-order valence-corrected chi connectivity index (χ4v) is 9.26. The molecule has 15 heteroatoms. The highest BCUT2D eigenvalue weighted by molar-refractivity contribution is 7.54. The van der Waals surface area contributed by atoms with Crippen molar-refractivity contribution >= 4 is 37.8 Å². The molecular weight excluding hydrogens is 659 g/mol. The largest absolute Gasteiger partial charge is 0.497 e. The number of hydrogen-bond acceptors (Lipinski definition) is 12. The van der Waals surface area contributed by atoms with Gasteiger partial charge in [-0.05, 0) is 78.0 Å². The Morgan fingerprint density at radius 3 is 2.20 bits per heavy atom. The average Bonchev–Trinajstić information content (AvgIpc) is 3.18. The first kappa shape index (κ1) is 38.3. The lowest BCUT2D eigenvalue weighted by Gasteiger charge is -2.61. The number of amides is 2. The van der Waals surface area contributed by atoms with Crippen molar-refractivity contribution in [3.05, 3.63) is 29.8 Å². The minimum atomic E-state index is -3.84. The Hall–Kier alpha value is -3.48. The summed E-state index contributed by atoms with van der Waals surface area (Å²) in [7, 11) is -2.30. The zero-order chi connectivity index (χ0) is 36.2. The van der Waals surface area contributed by atoms with E-state index in [-0.39, 0.29) is 51.7 Å². The lowest BCUT2D eigenvalue weighted by molar-refractivity contribution is -0.175. The molecule has 1 saturated carbocycles. The van der Waals surface area contributed by atoms with Gasteiger partial charge in [-0.2, -0.15) is 0 Å². The first-order valence-corrected chi connectivity index (χ1v) is 18.4. The molecule has 0 unspecified atom stereocenters. The predicted octanol–water partition coefficient (Wildman–Crippen LogP) is 4.37. The number of carbonyl (C=O) groups excluding carboxylic acids is 5. The van der Waals surface area contributed by atoms with Gasteiger partial charge in [-0.15, -0.1) is 0 Å². The number of hydrogen-bond donors (Lipinski definition) is 0. The summed E-state index contributed by atoms with van der Waals surface area (Å²) < 4.78 is 45.9. The van der Waals surface area contributed by atoms with Gasteiger partial charge in [0, 0.05) is 19.0 Å². The highest BCUT2D eigenvalue weighted by Crippen LogP contribution is 2.62. The molecule has 0 radical (unpaired) electrons. The van der Waals surface area contributed by atoms with Gasteiger partial charge in [0.1, 0.15) is 30.4 Å². The van der Waals surface area contributed by atoms with Crippen molar-refractivity contribution in [3.63, 3.8) is 0 Å². The first-order chi connectivity index (χ1) is 23.1. The molecule has 0 N–H and O–H groups in total. The molecule has 49 heavy (non-hydrogen) atoms. The molecule has 0 aromatic heterocycles. The second-order valence-corrected chi connectivity index (χ2v) is 15.7. The van der Waals surface area contributed by atoms with E-state index in [9.17, 15) is 28.5 Å². The molecule has 2 amide bonds. The van der Waals surface area contributed by atoms with Gasteiger partial charge in [0.2, 0.25) is 5.91 Å². The minimum Gasteiger partial charge on any atom is -0.497 e. The van der Waals surface area contributed by atoms with Gasteiger partial charge in [0.15, 0.2) is 0 Å². The van der Waals surface area contributed by atoms with Crippen LogP contribution in [0.1, 0.15) is 66.4 Å². The monoisotopic (exact) mass is 708 g/mol. The van der Waals surface area contributed by atoms with Crippen LogP contribution in [0.15, 0.2) is 24.3 Å². The normalized spacial score (nSPS) is 26.3. The lowest BCUT2D eigenvalue weighted by atomic mass is 9.53. The number of ether oxygens (including phenoxy) is 4. The number of aldehydes is 1. The second kappa shape index (κ2) is 15.2. The molecule has 4 bridgehead atoms. The number of benzene rings is 1. The van der Waals surface area contributed by atoms with Crippen LogP contribution in [-0.2, 0) is 53.5 Å². The third-order valence-corrected chi connectivity index (χ3v) is 11.3. The van der Waals surface area contributed by atoms with Crippen LogP contribution in [0, 0.1) is 17.3 Å². The molecule has 2 aliphatic heterocycles. The van der Waals surface area contributed by atoms with E-state index in [4.69, 9.17) is 28.0 Å². The van der Waals surface area contributed by atoms with Crippen LogP contribution < -0.4 is 4.74 Å². The molecule has 5 atom stereocenters. The molecule has 3 fully saturated rings. The standard InChI is InChI=1S/C34H49N2O12P/c1-8-44-27(38)18-34-26-15-16-35(31(41)48-32(4,5)6)30(34)33(21-37,22-45-28(39)20-49(42,46-9-2)47-10-3)17-25(26)29(40)36(34)19-23-11-13-24(43-7)14-12-23/h11-14,21,25-26,30H,8-10,15-20,22H2,1-7H3/t25-,26+,30-,33+,34-/m0/s1. The Kier molecular flexibility index (Phi) is 11.9. The Bertz CT molecular complexity index is 1440. The van der Waals surface area contributed by atoms with E-state index in [1.807, 2.05) is 0 Å². The third kappa shape index (κ3) is 7.81. The number of piperidine rings is 1. The fraction of sp³-hybridized carbons (Fsp3) is 0.676. The Labute approximate surface area is 287 Å². The van der Waals surface area contributed by atoms with Gasteiger partial charge in [-0.1, -0.05) is 12.1 Å². The number of rotatable bonds is 15. The van der Waals surface area contributed by atoms with E-state index >= 15 is 0 Å². The van der Waals surface area contributed by atoms with Crippen molar-refractivity contribution in [2.24, 2.45) is 17.3 Å². The van der Waals surface area contributed by atoms with Gasteiger partial charge in [0.25, 0.3) is 0 Å². The van der Waals surface area contributed by atoms with Gasteiger partial charge in [-0.25, -0.2) is 4.79 Å². The van der Waals surface area contributed by atoms with E-state index in [2.05, 4.69) is 0 Å². The molecule has 2 heterocycles. The Balaban J connectivity index is 1.85. The summed E-state index contributed by atoms with van der Waals surface area (Å²) in [6.45, 7) is 9.78. The smallest absolute Gasteiger partial charge is 0.410 e. The van der Waals surface area contributed by atoms with Crippen molar-refractivity contribution in [2.75, 3.05) is 46.2 Å². The Morgan fingerprint density at radius 1 is 1.00 bits per heavy atom. The van der Waals surface area contributed by atoms with E-state index in [0.29, 0.717) is 18.5 Å². The van der Waals surface area contributed by atoms with Gasteiger partial charge in [-0.3, -0.25) is 18.9 Å². The maximum absolute atomic E-state index is 14.5. The van der Waals surface area contributed by atoms with Gasteiger partial charge in [0.05, 0.1) is 50.3 Å². The van der Waals surface area contributed by atoms with Crippen molar-refractivity contribution in [1.29, 1.82) is 0 Å². The summed E-state index contributed by atoms with van der Waals surface area (Å²) >= 11 is 0. The van der Waals surface area contributed by atoms with Crippen molar-refractivity contribution in [3.8, 4) is 5.75 Å². The molecule has 14 nitrogen and oxygen atoms in total. The molecule has 4 rings (SSSR count). The molecule has 1 aliphatic carbocycles. The van der Waals surface area contributed by atoms with Crippen LogP contribution in [-0.4, -0.2) is 103 Å². The molecule has 1 aromatic rings. The summed E-state index contributed by atoms with van der Waals surface area (Å²) in [5.41, 5.74) is -3.27. The van der Waals surface area contributed by atoms with E-state index in [1.54, 1.807) is 77.8 Å². The second-order valence-electron chi connectivity index (χ2n) is 13.6. The van der Waals surface area contributed by atoms with Crippen molar-refractivity contribution in [2.45, 2.75) is 84.5 Å². The minimum absolute atomic E-state index is 0.0291. The highest BCUT2D eigenvalue weighted by atomic mass is 31.2.